The van der Waals surface area contributed by atoms with Gasteiger partial charge < -0.3 is 10.2 Å². The molecule has 0 saturated carbocycles. The second-order valence-corrected chi connectivity index (χ2v) is 5.77. The summed E-state index contributed by atoms with van der Waals surface area (Å²) in [5.41, 5.74) is 0.347. The van der Waals surface area contributed by atoms with Crippen molar-refractivity contribution < 1.29 is 0 Å². The molecule has 1 fully saturated rings. The second-order valence-electron chi connectivity index (χ2n) is 5.77. The van der Waals surface area contributed by atoms with Crippen LogP contribution in [0, 0.1) is 11.8 Å². The Morgan fingerprint density at radius 3 is 2.36 bits per heavy atom. The quantitative estimate of drug-likeness (QED) is 0.640. The molecule has 1 aliphatic rings. The summed E-state index contributed by atoms with van der Waals surface area (Å²) in [4.78, 5) is 2.52. The van der Waals surface area contributed by atoms with E-state index in [2.05, 4.69) is 45.0 Å². The van der Waals surface area contributed by atoms with Crippen LogP contribution in [0.3, 0.4) is 0 Å². The zero-order valence-electron chi connectivity index (χ0n) is 10.4. The van der Waals surface area contributed by atoms with Gasteiger partial charge in [0, 0.05) is 12.1 Å². The van der Waals surface area contributed by atoms with Gasteiger partial charge >= 0.3 is 0 Å². The lowest BCUT2D eigenvalue weighted by Gasteiger charge is -2.37. The fraction of sp³-hybridized carbons (Fsp3) is 1.00. The molecule has 1 aliphatic heterocycles. The number of hydrogen-bond donors (Lipinski definition) is 1. The summed E-state index contributed by atoms with van der Waals surface area (Å²) in [6.07, 6.45) is 1.28. The van der Waals surface area contributed by atoms with E-state index in [1.54, 1.807) is 0 Å². The van der Waals surface area contributed by atoms with Crippen molar-refractivity contribution in [3.8, 4) is 0 Å². The molecule has 0 amide bonds. The minimum absolute atomic E-state index is 0.347. The van der Waals surface area contributed by atoms with Gasteiger partial charge in [-0.05, 0) is 52.2 Å². The van der Waals surface area contributed by atoms with E-state index in [-0.39, 0.29) is 0 Å². The molecular formula is C12H26N2. The number of nitrogens with zero attached hydrogens (tertiary/aromatic N) is 1. The van der Waals surface area contributed by atoms with Gasteiger partial charge in [0.15, 0.2) is 0 Å². The van der Waals surface area contributed by atoms with Crippen LogP contribution in [0.2, 0.25) is 0 Å². The average molecular weight is 198 g/mol. The van der Waals surface area contributed by atoms with Crippen molar-refractivity contribution in [1.29, 1.82) is 0 Å². The fourth-order valence-corrected chi connectivity index (χ4v) is 2.44. The molecule has 2 atom stereocenters. The molecule has 1 N–H and O–H groups in total. The van der Waals surface area contributed by atoms with Crippen LogP contribution >= 0.6 is 0 Å². The predicted octanol–water partition coefficient (Wildman–Crippen LogP) is 1.96. The molecule has 0 aromatic heterocycles. The van der Waals surface area contributed by atoms with Gasteiger partial charge in [-0.1, -0.05) is 13.8 Å². The highest BCUT2D eigenvalue weighted by atomic mass is 15.2. The molecule has 0 radical (unpaired) electrons. The Hall–Kier alpha value is -0.0800. The molecule has 0 aromatic carbocycles. The van der Waals surface area contributed by atoms with Crippen molar-refractivity contribution in [1.82, 2.24) is 10.2 Å². The normalized spacial score (nSPS) is 35.8. The molecule has 0 spiro atoms. The van der Waals surface area contributed by atoms with E-state index in [1.165, 1.54) is 19.5 Å². The van der Waals surface area contributed by atoms with E-state index in [1.807, 2.05) is 0 Å². The topological polar surface area (TPSA) is 15.3 Å². The van der Waals surface area contributed by atoms with Gasteiger partial charge in [-0.3, -0.25) is 0 Å². The predicted molar refractivity (Wildman–Crippen MR) is 62.5 cm³/mol. The Labute approximate surface area is 89.1 Å². The molecule has 84 valence electrons. The zero-order valence-corrected chi connectivity index (χ0v) is 10.4. The van der Waals surface area contributed by atoms with Crippen LogP contribution < -0.4 is 5.32 Å². The van der Waals surface area contributed by atoms with E-state index in [4.69, 9.17) is 0 Å². The van der Waals surface area contributed by atoms with Crippen molar-refractivity contribution >= 4 is 0 Å². The van der Waals surface area contributed by atoms with Crippen LogP contribution in [0.5, 0.6) is 0 Å². The summed E-state index contributed by atoms with van der Waals surface area (Å²) in [5, 5.41) is 3.56. The van der Waals surface area contributed by atoms with Crippen LogP contribution in [0.25, 0.3) is 0 Å². The second kappa shape index (κ2) is 4.63. The molecule has 2 nitrogen and oxygen atoms in total. The standard InChI is InChI=1S/C12H26N2/c1-10-6-12(3,4)14(5)9-11(2)8-13-7-10/h10-11,13H,6-9H2,1-5H3. The first-order valence-corrected chi connectivity index (χ1v) is 5.84. The Kier molecular flexibility index (Phi) is 3.96. The Balaban J connectivity index is 2.66. The molecule has 1 heterocycles. The number of rotatable bonds is 0. The lowest BCUT2D eigenvalue weighted by molar-refractivity contribution is 0.119. The van der Waals surface area contributed by atoms with Gasteiger partial charge in [0.2, 0.25) is 0 Å². The summed E-state index contributed by atoms with van der Waals surface area (Å²) < 4.78 is 0. The summed E-state index contributed by atoms with van der Waals surface area (Å²) in [7, 11) is 2.26. The zero-order chi connectivity index (χ0) is 10.8. The third kappa shape index (κ3) is 3.25. The summed E-state index contributed by atoms with van der Waals surface area (Å²) in [5.74, 6) is 1.53. The van der Waals surface area contributed by atoms with Crippen LogP contribution in [0.4, 0.5) is 0 Å². The monoisotopic (exact) mass is 198 g/mol. The largest absolute Gasteiger partial charge is 0.316 e. The summed E-state index contributed by atoms with van der Waals surface area (Å²) in [6, 6.07) is 0. The van der Waals surface area contributed by atoms with Crippen molar-refractivity contribution in [2.75, 3.05) is 26.7 Å². The molecule has 0 bridgehead atoms. The van der Waals surface area contributed by atoms with E-state index in [0.717, 1.165) is 18.4 Å². The molecular weight excluding hydrogens is 172 g/mol. The minimum atomic E-state index is 0.347. The number of nitrogens with one attached hydrogen (secondary N) is 1. The van der Waals surface area contributed by atoms with E-state index >= 15 is 0 Å². The van der Waals surface area contributed by atoms with Crippen molar-refractivity contribution in [2.45, 2.75) is 39.7 Å². The third-order valence-electron chi connectivity index (χ3n) is 3.45. The highest BCUT2D eigenvalue weighted by Gasteiger charge is 2.27. The minimum Gasteiger partial charge on any atom is -0.316 e. The molecule has 1 saturated heterocycles. The van der Waals surface area contributed by atoms with E-state index in [9.17, 15) is 0 Å². The Morgan fingerprint density at radius 1 is 1.14 bits per heavy atom. The van der Waals surface area contributed by atoms with Crippen molar-refractivity contribution in [2.24, 2.45) is 11.8 Å². The number of hydrogen-bond acceptors (Lipinski definition) is 2. The van der Waals surface area contributed by atoms with Gasteiger partial charge in [-0.15, -0.1) is 0 Å². The molecule has 2 unspecified atom stereocenters. The molecule has 14 heavy (non-hydrogen) atoms. The van der Waals surface area contributed by atoms with Gasteiger partial charge in [0.05, 0.1) is 0 Å². The van der Waals surface area contributed by atoms with Crippen LogP contribution in [0.15, 0.2) is 0 Å². The fourth-order valence-electron chi connectivity index (χ4n) is 2.44. The highest BCUT2D eigenvalue weighted by molar-refractivity contribution is 4.84. The SMILES string of the molecule is CC1CNCC(C)CC(C)(C)N(C)C1. The maximum Gasteiger partial charge on any atom is 0.0153 e. The molecule has 2 heteroatoms. The molecule has 0 aromatic rings. The first-order valence-electron chi connectivity index (χ1n) is 5.84. The average Bonchev–Trinajstić information content (AvgIpc) is 2.04. The van der Waals surface area contributed by atoms with Crippen molar-refractivity contribution in [3.63, 3.8) is 0 Å². The van der Waals surface area contributed by atoms with Crippen LogP contribution in [-0.2, 0) is 0 Å². The Morgan fingerprint density at radius 2 is 1.71 bits per heavy atom. The highest BCUT2D eigenvalue weighted by Crippen LogP contribution is 2.23. The lowest BCUT2D eigenvalue weighted by Crippen LogP contribution is -2.44. The summed E-state index contributed by atoms with van der Waals surface area (Å²) >= 11 is 0. The van der Waals surface area contributed by atoms with Gasteiger partial charge in [-0.25, -0.2) is 0 Å². The smallest absolute Gasteiger partial charge is 0.0153 e. The van der Waals surface area contributed by atoms with Gasteiger partial charge in [0.25, 0.3) is 0 Å². The lowest BCUT2D eigenvalue weighted by atomic mass is 9.90. The van der Waals surface area contributed by atoms with Gasteiger partial charge in [0.1, 0.15) is 0 Å². The molecule has 0 aliphatic carbocycles. The first kappa shape index (κ1) is 12.0. The van der Waals surface area contributed by atoms with Gasteiger partial charge in [-0.2, -0.15) is 0 Å². The first-order chi connectivity index (χ1) is 6.42. The van der Waals surface area contributed by atoms with Crippen LogP contribution in [-0.4, -0.2) is 37.1 Å². The maximum absolute atomic E-state index is 3.56. The van der Waals surface area contributed by atoms with E-state index < -0.39 is 0 Å². The summed E-state index contributed by atoms with van der Waals surface area (Å²) in [6.45, 7) is 12.9. The van der Waals surface area contributed by atoms with Crippen LogP contribution in [0.1, 0.15) is 34.1 Å². The van der Waals surface area contributed by atoms with Crippen molar-refractivity contribution in [3.05, 3.63) is 0 Å². The maximum atomic E-state index is 3.56. The van der Waals surface area contributed by atoms with E-state index in [0.29, 0.717) is 5.54 Å². The molecule has 1 rings (SSSR count). The third-order valence-corrected chi connectivity index (χ3v) is 3.45. The Bertz CT molecular complexity index is 177.